The standard InChI is InChI=1S/C10H13N3O3/c1-15-9-5-7(10(14)16-2)3-4-8(9)6-12-13-11/h3-4,7H,5-6H2,1-2H3. The minimum Gasteiger partial charge on any atom is -0.501 e. The Morgan fingerprint density at radius 2 is 2.44 bits per heavy atom. The van der Waals surface area contributed by atoms with Gasteiger partial charge in [-0.2, -0.15) is 0 Å². The van der Waals surface area contributed by atoms with Gasteiger partial charge < -0.3 is 9.47 Å². The van der Waals surface area contributed by atoms with Crippen molar-refractivity contribution in [2.75, 3.05) is 20.8 Å². The van der Waals surface area contributed by atoms with Crippen LogP contribution >= 0.6 is 0 Å². The molecule has 0 N–H and O–H groups in total. The molecule has 0 aromatic carbocycles. The Balaban J connectivity index is 2.80. The molecule has 0 heterocycles. The Hall–Kier alpha value is -1.94. The lowest BCUT2D eigenvalue weighted by atomic mass is 9.95. The van der Waals surface area contributed by atoms with Crippen LogP contribution < -0.4 is 0 Å². The summed E-state index contributed by atoms with van der Waals surface area (Å²) in [5.41, 5.74) is 9.02. The molecule has 0 fully saturated rings. The van der Waals surface area contributed by atoms with Gasteiger partial charge in [0, 0.05) is 11.3 Å². The zero-order valence-corrected chi connectivity index (χ0v) is 9.21. The van der Waals surface area contributed by atoms with Gasteiger partial charge in [-0.1, -0.05) is 17.3 Å². The SMILES string of the molecule is COC(=O)C1C=CC(CN=[N+]=[N-])=C(OC)C1. The van der Waals surface area contributed by atoms with Crippen molar-refractivity contribution in [2.45, 2.75) is 6.42 Å². The highest BCUT2D eigenvalue weighted by atomic mass is 16.5. The van der Waals surface area contributed by atoms with Crippen LogP contribution in [0.1, 0.15) is 6.42 Å². The van der Waals surface area contributed by atoms with Crippen molar-refractivity contribution >= 4 is 5.97 Å². The molecule has 86 valence electrons. The zero-order chi connectivity index (χ0) is 12.0. The molecule has 1 atom stereocenters. The Morgan fingerprint density at radius 1 is 1.69 bits per heavy atom. The molecule has 0 aromatic rings. The predicted octanol–water partition coefficient (Wildman–Crippen LogP) is 1.95. The Kier molecular flexibility index (Phi) is 4.42. The molecule has 0 bridgehead atoms. The molecule has 0 aromatic heterocycles. The largest absolute Gasteiger partial charge is 0.501 e. The molecule has 1 rings (SSSR count). The van der Waals surface area contributed by atoms with Gasteiger partial charge in [0.1, 0.15) is 0 Å². The number of azide groups is 1. The molecule has 0 saturated heterocycles. The number of hydrogen-bond donors (Lipinski definition) is 0. The second kappa shape index (κ2) is 5.82. The van der Waals surface area contributed by atoms with E-state index in [1.54, 1.807) is 12.2 Å². The van der Waals surface area contributed by atoms with Crippen LogP contribution in [0.25, 0.3) is 10.4 Å². The summed E-state index contributed by atoms with van der Waals surface area (Å²) >= 11 is 0. The van der Waals surface area contributed by atoms with E-state index < -0.39 is 0 Å². The Morgan fingerprint density at radius 3 is 3.00 bits per heavy atom. The molecule has 1 unspecified atom stereocenters. The third kappa shape index (κ3) is 2.77. The summed E-state index contributed by atoms with van der Waals surface area (Å²) in [5, 5.41) is 3.46. The number of hydrogen-bond acceptors (Lipinski definition) is 4. The number of allylic oxidation sites excluding steroid dienone is 1. The molecular weight excluding hydrogens is 210 g/mol. The van der Waals surface area contributed by atoms with Crippen molar-refractivity contribution in [2.24, 2.45) is 11.0 Å². The minimum atomic E-state index is -0.324. The molecule has 1 aliphatic carbocycles. The molecule has 0 aliphatic heterocycles. The monoisotopic (exact) mass is 223 g/mol. The number of rotatable bonds is 4. The van der Waals surface area contributed by atoms with Gasteiger partial charge in [-0.05, 0) is 11.1 Å². The minimum absolute atomic E-state index is 0.226. The van der Waals surface area contributed by atoms with E-state index >= 15 is 0 Å². The first-order valence-electron chi connectivity index (χ1n) is 4.75. The number of carbonyl (C=O) groups is 1. The fourth-order valence-electron chi connectivity index (χ4n) is 1.50. The molecule has 0 spiro atoms. The van der Waals surface area contributed by atoms with Crippen molar-refractivity contribution < 1.29 is 14.3 Å². The maximum Gasteiger partial charge on any atom is 0.312 e. The number of carbonyl (C=O) groups excluding carboxylic acids is 1. The van der Waals surface area contributed by atoms with Crippen LogP contribution in [-0.4, -0.2) is 26.7 Å². The van der Waals surface area contributed by atoms with Gasteiger partial charge in [-0.15, -0.1) is 0 Å². The highest BCUT2D eigenvalue weighted by molar-refractivity contribution is 5.75. The number of methoxy groups -OCH3 is 2. The highest BCUT2D eigenvalue weighted by Gasteiger charge is 2.23. The Bertz CT molecular complexity index is 381. The van der Waals surface area contributed by atoms with E-state index in [1.807, 2.05) is 0 Å². The molecule has 1 aliphatic rings. The zero-order valence-electron chi connectivity index (χ0n) is 9.21. The summed E-state index contributed by atoms with van der Waals surface area (Å²) in [4.78, 5) is 14.0. The summed E-state index contributed by atoms with van der Waals surface area (Å²) in [6.07, 6.45) is 3.91. The average molecular weight is 223 g/mol. The van der Waals surface area contributed by atoms with Gasteiger partial charge in [0.15, 0.2) is 0 Å². The van der Waals surface area contributed by atoms with E-state index in [-0.39, 0.29) is 18.4 Å². The summed E-state index contributed by atoms with van der Waals surface area (Å²) < 4.78 is 9.81. The smallest absolute Gasteiger partial charge is 0.312 e. The van der Waals surface area contributed by atoms with Crippen LogP contribution in [0.5, 0.6) is 0 Å². The van der Waals surface area contributed by atoms with Gasteiger partial charge in [0.05, 0.1) is 32.4 Å². The van der Waals surface area contributed by atoms with Crippen molar-refractivity contribution in [3.63, 3.8) is 0 Å². The van der Waals surface area contributed by atoms with Crippen molar-refractivity contribution in [1.29, 1.82) is 0 Å². The van der Waals surface area contributed by atoms with E-state index in [1.165, 1.54) is 14.2 Å². The number of esters is 1. The van der Waals surface area contributed by atoms with Gasteiger partial charge in [0.2, 0.25) is 0 Å². The molecule has 16 heavy (non-hydrogen) atoms. The van der Waals surface area contributed by atoms with E-state index in [2.05, 4.69) is 14.8 Å². The third-order valence-corrected chi connectivity index (χ3v) is 2.35. The molecule has 6 nitrogen and oxygen atoms in total. The molecule has 0 radical (unpaired) electrons. The van der Waals surface area contributed by atoms with E-state index in [0.717, 1.165) is 5.57 Å². The highest BCUT2D eigenvalue weighted by Crippen LogP contribution is 2.25. The first kappa shape index (κ1) is 12.1. The lowest BCUT2D eigenvalue weighted by Crippen LogP contribution is -2.18. The molecular formula is C10H13N3O3. The molecule has 6 heteroatoms. The fraction of sp³-hybridized carbons (Fsp3) is 0.500. The van der Waals surface area contributed by atoms with E-state index in [4.69, 9.17) is 10.3 Å². The van der Waals surface area contributed by atoms with Gasteiger partial charge in [-0.3, -0.25) is 4.79 Å². The van der Waals surface area contributed by atoms with Gasteiger partial charge >= 0.3 is 5.97 Å². The second-order valence-electron chi connectivity index (χ2n) is 3.23. The predicted molar refractivity (Wildman–Crippen MR) is 57.3 cm³/mol. The Labute approximate surface area is 93.2 Å². The summed E-state index contributed by atoms with van der Waals surface area (Å²) in [7, 11) is 2.88. The van der Waals surface area contributed by atoms with Crippen LogP contribution in [0.15, 0.2) is 28.6 Å². The van der Waals surface area contributed by atoms with E-state index in [0.29, 0.717) is 12.2 Å². The summed E-state index contributed by atoms with van der Waals surface area (Å²) in [5.74, 6) is 0.0358. The van der Waals surface area contributed by atoms with Crippen molar-refractivity contribution in [3.05, 3.63) is 33.9 Å². The molecule has 0 saturated carbocycles. The fourth-order valence-corrected chi connectivity index (χ4v) is 1.50. The summed E-state index contributed by atoms with van der Waals surface area (Å²) in [6, 6.07) is 0. The quantitative estimate of drug-likeness (QED) is 0.316. The van der Waals surface area contributed by atoms with Crippen molar-refractivity contribution in [1.82, 2.24) is 0 Å². The topological polar surface area (TPSA) is 84.3 Å². The molecule has 0 amide bonds. The third-order valence-electron chi connectivity index (χ3n) is 2.35. The first-order valence-corrected chi connectivity index (χ1v) is 4.75. The van der Waals surface area contributed by atoms with Crippen LogP contribution in [0.4, 0.5) is 0 Å². The van der Waals surface area contributed by atoms with Gasteiger partial charge in [0.25, 0.3) is 0 Å². The maximum atomic E-state index is 11.3. The maximum absolute atomic E-state index is 11.3. The lowest BCUT2D eigenvalue weighted by molar-refractivity contribution is -0.143. The van der Waals surface area contributed by atoms with Crippen LogP contribution in [0.2, 0.25) is 0 Å². The van der Waals surface area contributed by atoms with Crippen LogP contribution in [-0.2, 0) is 14.3 Å². The van der Waals surface area contributed by atoms with E-state index in [9.17, 15) is 4.79 Å². The summed E-state index contributed by atoms with van der Waals surface area (Å²) in [6.45, 7) is 0.226. The number of nitrogens with zero attached hydrogens (tertiary/aromatic N) is 3. The second-order valence-corrected chi connectivity index (χ2v) is 3.23. The van der Waals surface area contributed by atoms with Crippen LogP contribution in [0.3, 0.4) is 0 Å². The van der Waals surface area contributed by atoms with Crippen LogP contribution in [0, 0.1) is 5.92 Å². The van der Waals surface area contributed by atoms with Gasteiger partial charge in [-0.25, -0.2) is 0 Å². The lowest BCUT2D eigenvalue weighted by Gasteiger charge is -2.19. The normalized spacial score (nSPS) is 19.0. The number of ether oxygens (including phenoxy) is 2. The van der Waals surface area contributed by atoms with Crippen molar-refractivity contribution in [3.8, 4) is 0 Å². The average Bonchev–Trinajstić information content (AvgIpc) is 2.35. The first-order chi connectivity index (χ1) is 7.72.